The number of rotatable bonds is 7. The molecule has 0 aliphatic rings. The fraction of sp³-hybridized carbons (Fsp3) is 0.167. The Balaban J connectivity index is 2.40. The van der Waals surface area contributed by atoms with Crippen molar-refractivity contribution >= 4 is 23.8 Å². The molecule has 0 spiro atoms. The van der Waals surface area contributed by atoms with Gasteiger partial charge in [0.25, 0.3) is 0 Å². The maximum Gasteiger partial charge on any atom is 0.344 e. The maximum absolute atomic E-state index is 11.1. The number of aromatic hydroxyl groups is 1. The van der Waals surface area contributed by atoms with Crippen molar-refractivity contribution in [2.75, 3.05) is 7.11 Å². The summed E-state index contributed by atoms with van der Waals surface area (Å²) in [7, 11) is 1.42. The second-order valence-corrected chi connectivity index (χ2v) is 5.24. The van der Waals surface area contributed by atoms with Crippen LogP contribution in [0.25, 0.3) is 0 Å². The Morgan fingerprint density at radius 1 is 1.19 bits per heavy atom. The van der Waals surface area contributed by atoms with E-state index in [-0.39, 0.29) is 17.1 Å². The van der Waals surface area contributed by atoms with Crippen molar-refractivity contribution in [1.29, 1.82) is 0 Å². The summed E-state index contributed by atoms with van der Waals surface area (Å²) in [5.41, 5.74) is 0.462. The van der Waals surface area contributed by atoms with Crippen LogP contribution in [-0.2, 0) is 4.79 Å². The molecule has 3 N–H and O–H groups in total. The Labute approximate surface area is 149 Å². The molecule has 0 radical (unpaired) electrons. The number of phenols is 1. The maximum atomic E-state index is 11.1. The second-order valence-electron chi connectivity index (χ2n) is 5.24. The predicted octanol–water partition coefficient (Wildman–Crippen LogP) is 2.70. The molecule has 2 rings (SSSR count). The summed E-state index contributed by atoms with van der Waals surface area (Å²) in [4.78, 5) is 26.3. The van der Waals surface area contributed by atoms with Crippen LogP contribution < -0.4 is 9.47 Å². The van der Waals surface area contributed by atoms with Crippen LogP contribution in [0.2, 0.25) is 0 Å². The van der Waals surface area contributed by atoms with E-state index < -0.39 is 18.0 Å². The van der Waals surface area contributed by atoms with E-state index in [0.717, 1.165) is 0 Å². The first kappa shape index (κ1) is 18.8. The molecule has 0 amide bonds. The Kier molecular flexibility index (Phi) is 5.79. The number of aromatic carboxylic acids is 1. The van der Waals surface area contributed by atoms with Crippen molar-refractivity contribution < 1.29 is 34.4 Å². The lowest BCUT2D eigenvalue weighted by molar-refractivity contribution is -0.144. The van der Waals surface area contributed by atoms with Gasteiger partial charge >= 0.3 is 11.9 Å². The number of carboxylic acids is 2. The Morgan fingerprint density at radius 3 is 2.54 bits per heavy atom. The van der Waals surface area contributed by atoms with Gasteiger partial charge in [0.05, 0.1) is 12.8 Å². The van der Waals surface area contributed by atoms with Gasteiger partial charge in [-0.05, 0) is 37.3 Å². The highest BCUT2D eigenvalue weighted by molar-refractivity contribution is 5.92. The van der Waals surface area contributed by atoms with Gasteiger partial charge in [0.2, 0.25) is 0 Å². The van der Waals surface area contributed by atoms with Crippen LogP contribution in [0.1, 0.15) is 22.8 Å². The lowest BCUT2D eigenvalue weighted by Gasteiger charge is -2.15. The number of nitrogens with zero attached hydrogens (tertiary/aromatic N) is 1. The molecule has 0 saturated heterocycles. The van der Waals surface area contributed by atoms with Gasteiger partial charge in [-0.3, -0.25) is 4.99 Å². The number of aliphatic carboxylic acids is 1. The average Bonchev–Trinajstić information content (AvgIpc) is 2.61. The van der Waals surface area contributed by atoms with Gasteiger partial charge in [-0.15, -0.1) is 0 Å². The van der Waals surface area contributed by atoms with Gasteiger partial charge < -0.3 is 24.8 Å². The first-order chi connectivity index (χ1) is 12.3. The van der Waals surface area contributed by atoms with E-state index in [0.29, 0.717) is 17.0 Å². The summed E-state index contributed by atoms with van der Waals surface area (Å²) in [6.07, 6.45) is 0.287. The highest BCUT2D eigenvalue weighted by atomic mass is 16.5. The topological polar surface area (TPSA) is 126 Å². The third-order valence-corrected chi connectivity index (χ3v) is 3.43. The number of hydrogen-bond donors (Lipinski definition) is 3. The zero-order valence-corrected chi connectivity index (χ0v) is 14.0. The van der Waals surface area contributed by atoms with Crippen LogP contribution in [0, 0.1) is 0 Å². The lowest BCUT2D eigenvalue weighted by Crippen LogP contribution is -2.23. The predicted molar refractivity (Wildman–Crippen MR) is 93.0 cm³/mol. The fourth-order valence-corrected chi connectivity index (χ4v) is 2.07. The molecule has 8 nitrogen and oxygen atoms in total. The zero-order valence-electron chi connectivity index (χ0n) is 14.0. The van der Waals surface area contributed by atoms with Crippen molar-refractivity contribution in [3.8, 4) is 17.2 Å². The summed E-state index contributed by atoms with van der Waals surface area (Å²) < 4.78 is 10.6. The number of carbonyl (C=O) groups is 2. The van der Waals surface area contributed by atoms with E-state index in [4.69, 9.17) is 19.7 Å². The summed E-state index contributed by atoms with van der Waals surface area (Å²) >= 11 is 0. The van der Waals surface area contributed by atoms with E-state index in [1.165, 1.54) is 38.4 Å². The Hall–Kier alpha value is -3.55. The van der Waals surface area contributed by atoms with Crippen molar-refractivity contribution in [1.82, 2.24) is 0 Å². The van der Waals surface area contributed by atoms with E-state index >= 15 is 0 Å². The van der Waals surface area contributed by atoms with Crippen molar-refractivity contribution in [3.05, 3.63) is 47.5 Å². The minimum absolute atomic E-state index is 0.200. The molecule has 0 bridgehead atoms. The highest BCUT2D eigenvalue weighted by Crippen LogP contribution is 2.32. The SMILES string of the molecule is COc1cccc(C=Nc2ccc(O)c(C(=O)O)c2)c1O[C@H](C)C(=O)O. The van der Waals surface area contributed by atoms with Crippen molar-refractivity contribution in [3.63, 3.8) is 0 Å². The molecule has 0 saturated carbocycles. The first-order valence-corrected chi connectivity index (χ1v) is 7.50. The van der Waals surface area contributed by atoms with Crippen LogP contribution in [0.3, 0.4) is 0 Å². The van der Waals surface area contributed by atoms with E-state index in [2.05, 4.69) is 4.99 Å². The number of hydrogen-bond acceptors (Lipinski definition) is 6. The molecular weight excluding hydrogens is 342 g/mol. The lowest BCUT2D eigenvalue weighted by atomic mass is 10.1. The normalized spacial score (nSPS) is 11.9. The van der Waals surface area contributed by atoms with Crippen LogP contribution in [0.5, 0.6) is 17.2 Å². The molecule has 26 heavy (non-hydrogen) atoms. The van der Waals surface area contributed by atoms with Crippen LogP contribution in [-0.4, -0.2) is 46.7 Å². The number of benzene rings is 2. The number of para-hydroxylation sites is 1. The standard InChI is InChI=1S/C18H17NO7/c1-10(17(21)22)26-16-11(4-3-5-15(16)25-2)9-19-12-6-7-14(20)13(8-12)18(23)24/h3-10,20H,1-2H3,(H,21,22)(H,23,24)/t10-/m1/s1. The highest BCUT2D eigenvalue weighted by Gasteiger charge is 2.18. The van der Waals surface area contributed by atoms with E-state index in [1.54, 1.807) is 18.2 Å². The molecule has 8 heteroatoms. The summed E-state index contributed by atoms with van der Waals surface area (Å²) in [6.45, 7) is 1.38. The van der Waals surface area contributed by atoms with Gasteiger partial charge in [-0.2, -0.15) is 0 Å². The van der Waals surface area contributed by atoms with Gasteiger partial charge in [-0.1, -0.05) is 6.07 Å². The van der Waals surface area contributed by atoms with Gasteiger partial charge in [0.15, 0.2) is 17.6 Å². The molecular formula is C18H17NO7. The minimum Gasteiger partial charge on any atom is -0.507 e. The third-order valence-electron chi connectivity index (χ3n) is 3.43. The molecule has 0 aliphatic carbocycles. The Morgan fingerprint density at radius 2 is 1.92 bits per heavy atom. The van der Waals surface area contributed by atoms with Gasteiger partial charge in [0, 0.05) is 11.8 Å². The molecule has 0 fully saturated rings. The quantitative estimate of drug-likeness (QED) is 0.649. The number of aliphatic imine (C=N–C) groups is 1. The van der Waals surface area contributed by atoms with E-state index in [1.807, 2.05) is 0 Å². The second kappa shape index (κ2) is 8.02. The van der Waals surface area contributed by atoms with Crippen molar-refractivity contribution in [2.24, 2.45) is 4.99 Å². The third kappa shape index (κ3) is 4.29. The summed E-state index contributed by atoms with van der Waals surface area (Å²) in [5, 5.41) is 27.6. The number of ether oxygens (including phenoxy) is 2. The molecule has 2 aromatic carbocycles. The van der Waals surface area contributed by atoms with Crippen LogP contribution in [0.4, 0.5) is 5.69 Å². The first-order valence-electron chi connectivity index (χ1n) is 7.50. The zero-order chi connectivity index (χ0) is 19.3. The number of methoxy groups -OCH3 is 1. The molecule has 1 atom stereocenters. The summed E-state index contributed by atoms with van der Waals surface area (Å²) in [5.74, 6) is -2.24. The Bertz CT molecular complexity index is 861. The van der Waals surface area contributed by atoms with E-state index in [9.17, 15) is 14.7 Å². The van der Waals surface area contributed by atoms with Crippen molar-refractivity contribution in [2.45, 2.75) is 13.0 Å². The molecule has 0 aromatic heterocycles. The molecule has 2 aromatic rings. The van der Waals surface area contributed by atoms with Crippen LogP contribution >= 0.6 is 0 Å². The average molecular weight is 359 g/mol. The fourth-order valence-electron chi connectivity index (χ4n) is 2.07. The van der Waals surface area contributed by atoms with Gasteiger partial charge in [0.1, 0.15) is 11.3 Å². The molecule has 0 heterocycles. The van der Waals surface area contributed by atoms with Gasteiger partial charge in [-0.25, -0.2) is 9.59 Å². The number of carboxylic acid groups (broad SMARTS) is 2. The summed E-state index contributed by atoms with van der Waals surface area (Å²) in [6, 6.07) is 8.83. The molecule has 0 unspecified atom stereocenters. The smallest absolute Gasteiger partial charge is 0.344 e. The monoisotopic (exact) mass is 359 g/mol. The minimum atomic E-state index is -1.28. The molecule has 0 aliphatic heterocycles. The molecule has 136 valence electrons. The largest absolute Gasteiger partial charge is 0.507 e. The van der Waals surface area contributed by atoms with Crippen LogP contribution in [0.15, 0.2) is 41.4 Å².